The van der Waals surface area contributed by atoms with Crippen molar-refractivity contribution in [1.29, 1.82) is 5.41 Å². The number of carboxylic acid groups (broad SMARTS) is 1. The van der Waals surface area contributed by atoms with Crippen molar-refractivity contribution in [3.05, 3.63) is 199 Å². The van der Waals surface area contributed by atoms with Crippen molar-refractivity contribution < 1.29 is 29.2 Å². The molecule has 0 fully saturated rings. The van der Waals surface area contributed by atoms with E-state index in [2.05, 4.69) is 92.0 Å². The number of aliphatic hydroxyl groups excluding tert-OH is 1. The van der Waals surface area contributed by atoms with Gasteiger partial charge in [0.05, 0.1) is 43.0 Å². The lowest BCUT2D eigenvalue weighted by Gasteiger charge is -2.11. The predicted octanol–water partition coefficient (Wildman–Crippen LogP) is 13.7. The number of hydrogen-bond acceptors (Lipinski definition) is 21. The maximum atomic E-state index is 12.4. The van der Waals surface area contributed by atoms with Crippen molar-refractivity contribution in [3.63, 3.8) is 0 Å². The highest BCUT2D eigenvalue weighted by atomic mass is 35.5. The van der Waals surface area contributed by atoms with E-state index in [4.69, 9.17) is 75.4 Å². The fourth-order valence-electron chi connectivity index (χ4n) is 10.5. The van der Waals surface area contributed by atoms with Crippen LogP contribution in [0.5, 0.6) is 0 Å². The topological polar surface area (TPSA) is 314 Å². The second-order valence-corrected chi connectivity index (χ2v) is 27.0. The van der Waals surface area contributed by atoms with Crippen molar-refractivity contribution in [2.75, 3.05) is 6.61 Å². The van der Waals surface area contributed by atoms with Crippen LogP contribution in [-0.4, -0.2) is 112 Å². The zero-order valence-corrected chi connectivity index (χ0v) is 57.4. The molecule has 5 N–H and O–H groups in total. The summed E-state index contributed by atoms with van der Waals surface area (Å²) in [6.45, 7) is 23.1. The van der Waals surface area contributed by atoms with Gasteiger partial charge in [-0.25, -0.2) is 4.79 Å². The summed E-state index contributed by atoms with van der Waals surface area (Å²) >= 11 is 23.3. The van der Waals surface area contributed by atoms with Gasteiger partial charge in [-0.3, -0.25) is 33.5 Å². The quantitative estimate of drug-likeness (QED) is 0.0405. The largest absolute Gasteiger partial charge is 0.481 e. The number of benzene rings is 3. The van der Waals surface area contributed by atoms with Crippen molar-refractivity contribution in [1.82, 2.24) is 54.4 Å². The minimum absolute atomic E-state index is 0. The lowest BCUT2D eigenvalue weighted by molar-refractivity contribution is -0.144. The molecule has 0 saturated heterocycles. The Morgan fingerprint density at radius 1 is 0.585 bits per heavy atom. The number of carboxylic acids is 1. The van der Waals surface area contributed by atoms with Crippen molar-refractivity contribution in [2.45, 2.75) is 128 Å². The number of hydrogen-bond donors (Lipinski definition) is 4. The lowest BCUT2D eigenvalue weighted by atomic mass is 9.99. The highest BCUT2D eigenvalue weighted by Gasteiger charge is 2.36. The molecule has 3 aliphatic heterocycles. The molecule has 488 valence electrons. The molecule has 3 atom stereocenters. The van der Waals surface area contributed by atoms with Gasteiger partial charge in [0.2, 0.25) is 5.89 Å². The van der Waals surface area contributed by atoms with Crippen LogP contribution in [0.15, 0.2) is 97.5 Å². The molecule has 0 saturated carbocycles. The van der Waals surface area contributed by atoms with E-state index >= 15 is 0 Å². The molecule has 0 amide bonds. The smallest absolute Gasteiger partial charge is 0.337 e. The van der Waals surface area contributed by atoms with E-state index in [9.17, 15) is 14.7 Å². The van der Waals surface area contributed by atoms with Crippen molar-refractivity contribution in [3.8, 4) is 15.0 Å². The SMILES string of the molecule is C.CC(=N)CO.CC(N)=NOC(=O)C[C@@H]1N=C(c2ccc(Cl)cc2)c2c(sc(C)c2C)-n2c(C)nnc21.Cc1noc(C[C@@H]2N=C(c3ccc(Cl)cc3)c3c(sc(C)c3C)-n3c(C)nnc32)n1.Cc1sc2c(c1C)C(c1ccc(Cl)cc1)=N[C@@H](CC(=O)O)c1nnc(C)n1-2. The number of halogens is 3. The normalized spacial score (nSPS) is 15.0. The van der Waals surface area contributed by atoms with Gasteiger partial charge in [0.1, 0.15) is 56.4 Å². The van der Waals surface area contributed by atoms with Crippen molar-refractivity contribution >= 4 is 109 Å². The van der Waals surface area contributed by atoms with Crippen LogP contribution in [-0.2, 0) is 20.8 Å². The third-order valence-electron chi connectivity index (χ3n) is 15.3. The number of nitrogens with one attached hydrogen (secondary N) is 1. The minimum Gasteiger partial charge on any atom is -0.481 e. The third-order valence-corrected chi connectivity index (χ3v) is 19.6. The number of carbonyl (C=O) groups excluding carboxylic acids is 1. The maximum Gasteiger partial charge on any atom is 0.337 e. The van der Waals surface area contributed by atoms with Crippen LogP contribution in [0.2, 0.25) is 15.1 Å². The molecule has 29 heteroatoms. The van der Waals surface area contributed by atoms with E-state index in [1.807, 2.05) is 103 Å². The van der Waals surface area contributed by atoms with Gasteiger partial charge in [-0.05, 0) is 136 Å². The van der Waals surface area contributed by atoms with Gasteiger partial charge in [0, 0.05) is 68.8 Å². The second-order valence-electron chi connectivity index (χ2n) is 22.1. The number of nitrogens with zero attached hydrogens (tertiary/aromatic N) is 15. The molecule has 0 unspecified atom stereocenters. The van der Waals surface area contributed by atoms with Gasteiger partial charge >= 0.3 is 11.9 Å². The van der Waals surface area contributed by atoms with E-state index < -0.39 is 24.0 Å². The monoisotopic (exact) mass is 1380 g/mol. The highest BCUT2D eigenvalue weighted by Crippen LogP contribution is 2.43. The molecule has 3 aliphatic rings. The van der Waals surface area contributed by atoms with Crippen LogP contribution < -0.4 is 5.73 Å². The standard InChI is InChI=1S/C21H21ClN6O2S.C21H19ClN6OS.C19H17ClN4O2S.C3H7NO.CH4/c1-10-11(2)31-21-18(10)19(14-5-7-15(22)8-6-14)24-16(9-17(29)30-27-12(3)23)20-26-25-13(4)28(20)21;1-10-11(2)30-21-18(10)19(14-5-7-15(22)8-6-14)24-16(9-17-23-12(3)27-29-17)20-26-25-13(4)28(20)21;1-9-10(2)27-19-16(9)17(12-4-6-13(20)7-5-12)21-14(8-15(25)26)18-23-22-11(3)24(18)19;1-3(4)2-5;/h5-8,16H,9H2,1-4H3,(H2,23,27);5-8,16H,9H2,1-4H3;4-7,14H,8H2,1-3H3,(H,25,26);4-5H,2H2,1H3;1H4/t2*16-;14-;;/m000../s1. The summed E-state index contributed by atoms with van der Waals surface area (Å²) in [6.07, 6.45) is 0.240. The Morgan fingerprint density at radius 2 is 0.926 bits per heavy atom. The summed E-state index contributed by atoms with van der Waals surface area (Å²) in [5.74, 6) is 3.98. The molecular formula is C65H68Cl3N17O6S3. The summed E-state index contributed by atoms with van der Waals surface area (Å²) < 4.78 is 11.4. The fourth-order valence-corrected chi connectivity index (χ4v) is 14.5. The van der Waals surface area contributed by atoms with Gasteiger partial charge < -0.3 is 30.7 Å². The number of aliphatic carboxylic acids is 1. The summed E-state index contributed by atoms with van der Waals surface area (Å²) in [6, 6.07) is 21.2. The number of nitrogens with two attached hydrogens (primary N) is 1. The number of aliphatic hydroxyl groups is 1. The zero-order chi connectivity index (χ0) is 66.9. The molecule has 23 nitrogen and oxygen atoms in total. The van der Waals surface area contributed by atoms with Crippen LogP contribution >= 0.6 is 68.8 Å². The number of aryl methyl sites for hydroxylation is 7. The second kappa shape index (κ2) is 29.3. The Hall–Kier alpha value is -8.76. The molecule has 0 aliphatic carbocycles. The van der Waals surface area contributed by atoms with E-state index in [1.54, 1.807) is 54.8 Å². The Balaban J connectivity index is 0.000000159. The number of thiophene rings is 3. The summed E-state index contributed by atoms with van der Waals surface area (Å²) in [5, 5.41) is 62.2. The number of amidine groups is 1. The Labute approximate surface area is 569 Å². The van der Waals surface area contributed by atoms with Crippen LogP contribution in [0, 0.1) is 74.6 Å². The number of aliphatic imine (C=N–C) groups is 3. The summed E-state index contributed by atoms with van der Waals surface area (Å²) in [5.41, 5.74) is 17.6. The van der Waals surface area contributed by atoms with Gasteiger partial charge in [-0.2, -0.15) is 4.98 Å². The minimum atomic E-state index is -0.926. The Kier molecular flexibility index (Phi) is 21.7. The first-order valence-corrected chi connectivity index (χ1v) is 32.6. The number of oxime groups is 1. The lowest BCUT2D eigenvalue weighted by Crippen LogP contribution is -2.14. The molecular weight excluding hydrogens is 1320 g/mol. The Morgan fingerprint density at radius 3 is 1.24 bits per heavy atom. The highest BCUT2D eigenvalue weighted by molar-refractivity contribution is 7.15. The maximum absolute atomic E-state index is 12.4. The molecule has 3 aromatic carbocycles. The average molecular weight is 1390 g/mol. The van der Waals surface area contributed by atoms with Crippen LogP contribution in [0.3, 0.4) is 0 Å². The molecule has 13 rings (SSSR count). The van der Waals surface area contributed by atoms with Gasteiger partial charge in [-0.15, -0.1) is 64.6 Å². The molecule has 0 radical (unpaired) electrons. The van der Waals surface area contributed by atoms with Gasteiger partial charge in [0.25, 0.3) is 0 Å². The first-order valence-electron chi connectivity index (χ1n) is 29.1. The van der Waals surface area contributed by atoms with Crippen molar-refractivity contribution in [2.24, 2.45) is 25.9 Å². The molecule has 10 heterocycles. The van der Waals surface area contributed by atoms with E-state index in [1.165, 1.54) is 20.2 Å². The number of fused-ring (bicyclic) bond motifs is 9. The van der Waals surface area contributed by atoms with E-state index in [0.29, 0.717) is 50.6 Å². The molecule has 0 spiro atoms. The molecule has 10 aromatic rings. The third kappa shape index (κ3) is 14.6. The predicted molar refractivity (Wildman–Crippen MR) is 370 cm³/mol. The van der Waals surface area contributed by atoms with E-state index in [0.717, 1.165) is 99.9 Å². The molecule has 94 heavy (non-hydrogen) atoms. The molecule has 0 bridgehead atoms. The number of rotatable bonds is 11. The van der Waals surface area contributed by atoms with Crippen LogP contribution in [0.1, 0.15) is 164 Å². The van der Waals surface area contributed by atoms with Crippen LogP contribution in [0.4, 0.5) is 0 Å². The first-order chi connectivity index (χ1) is 44.3. The van der Waals surface area contributed by atoms with Gasteiger partial charge in [-0.1, -0.05) is 88.9 Å². The number of aromatic nitrogens is 11. The van der Waals surface area contributed by atoms with Gasteiger partial charge in [0.15, 0.2) is 23.3 Å². The Bertz CT molecular complexity index is 4620. The molecule has 7 aromatic heterocycles. The van der Waals surface area contributed by atoms with Crippen LogP contribution in [0.25, 0.3) is 15.0 Å². The van der Waals surface area contributed by atoms with E-state index in [-0.39, 0.29) is 38.8 Å². The average Bonchev–Trinajstić information content (AvgIpc) is 1.61. The first kappa shape index (κ1) is 69.6. The zero-order valence-electron chi connectivity index (χ0n) is 52.7. The summed E-state index contributed by atoms with van der Waals surface area (Å²) in [4.78, 5) is 51.8. The fraction of sp³-hybridized carbons (Fsp3) is 0.308. The number of carbonyl (C=O) groups is 2. The summed E-state index contributed by atoms with van der Waals surface area (Å²) in [7, 11) is 0.